The van der Waals surface area contributed by atoms with Gasteiger partial charge in [0, 0.05) is 13.0 Å². The molecule has 0 aliphatic carbocycles. The number of unbranched alkanes of at least 4 members (excludes halogenated alkanes) is 2. The van der Waals surface area contributed by atoms with E-state index in [1.54, 1.807) is 0 Å². The number of nitrogens with zero attached hydrogens (tertiary/aromatic N) is 1. The SMILES string of the molecule is NCCCCCC(=O)N1C[C@H](O)C[C@H]1COP(=O)([O-])OO. The Hall–Kier alpha value is -0.540. The smallest absolute Gasteiger partial charge is 0.297 e. The van der Waals surface area contributed by atoms with Gasteiger partial charge in [-0.3, -0.25) is 9.36 Å². The lowest BCUT2D eigenvalue weighted by atomic mass is 10.1. The summed E-state index contributed by atoms with van der Waals surface area (Å²) < 4.78 is 18.6. The minimum Gasteiger partial charge on any atom is -0.754 e. The highest BCUT2D eigenvalue weighted by atomic mass is 31.2. The van der Waals surface area contributed by atoms with E-state index in [2.05, 4.69) is 9.20 Å². The largest absolute Gasteiger partial charge is 0.754 e. The molecule has 21 heavy (non-hydrogen) atoms. The van der Waals surface area contributed by atoms with E-state index in [1.165, 1.54) is 4.90 Å². The molecule has 0 aromatic carbocycles. The molecule has 0 bridgehead atoms. The molecule has 1 amide bonds. The highest BCUT2D eigenvalue weighted by Gasteiger charge is 2.34. The third kappa shape index (κ3) is 6.39. The Morgan fingerprint density at radius 1 is 1.43 bits per heavy atom. The first kappa shape index (κ1) is 18.5. The number of phosphoric ester groups is 1. The van der Waals surface area contributed by atoms with Crippen LogP contribution in [0.4, 0.5) is 0 Å². The molecular formula is C11H22N2O7P-. The van der Waals surface area contributed by atoms with E-state index in [0.29, 0.717) is 19.4 Å². The molecule has 0 radical (unpaired) electrons. The second-order valence-corrected chi connectivity index (χ2v) is 6.33. The standard InChI is InChI=1S/C11H23N2O7P/c12-5-3-1-2-4-11(15)13-7-10(14)6-9(13)8-19-21(17,18)20-16/h9-10,14,16H,1-8,12H2,(H,17,18)/p-1/t9-,10+/m0/s1. The van der Waals surface area contributed by atoms with Gasteiger partial charge in [-0.05, 0) is 25.8 Å². The first-order chi connectivity index (χ1) is 9.89. The van der Waals surface area contributed by atoms with E-state index in [1.807, 2.05) is 0 Å². The zero-order valence-corrected chi connectivity index (χ0v) is 12.6. The van der Waals surface area contributed by atoms with E-state index in [0.717, 1.165) is 12.8 Å². The molecule has 1 fully saturated rings. The van der Waals surface area contributed by atoms with Crippen molar-refractivity contribution < 1.29 is 33.8 Å². The Kier molecular flexibility index (Phi) is 7.75. The molecule has 10 heteroatoms. The van der Waals surface area contributed by atoms with E-state index in [-0.39, 0.29) is 25.5 Å². The van der Waals surface area contributed by atoms with Crippen molar-refractivity contribution in [3.05, 3.63) is 0 Å². The second kappa shape index (κ2) is 8.79. The first-order valence-electron chi connectivity index (χ1n) is 6.86. The van der Waals surface area contributed by atoms with E-state index in [9.17, 15) is 19.4 Å². The number of amides is 1. The lowest BCUT2D eigenvalue weighted by molar-refractivity contribution is -0.283. The van der Waals surface area contributed by atoms with Gasteiger partial charge in [-0.1, -0.05) is 6.42 Å². The van der Waals surface area contributed by atoms with Gasteiger partial charge < -0.3 is 25.2 Å². The molecular weight excluding hydrogens is 303 g/mol. The highest BCUT2D eigenvalue weighted by Crippen LogP contribution is 2.37. The van der Waals surface area contributed by atoms with Crippen LogP contribution in [0.1, 0.15) is 32.1 Å². The summed E-state index contributed by atoms with van der Waals surface area (Å²) in [6, 6.07) is -0.556. The number of aliphatic hydroxyl groups excluding tert-OH is 1. The number of phosphoric acid groups is 1. The van der Waals surface area contributed by atoms with Crippen molar-refractivity contribution in [3.8, 4) is 0 Å². The molecule has 0 aromatic heterocycles. The lowest BCUT2D eigenvalue weighted by Crippen LogP contribution is -2.38. The third-order valence-corrected chi connectivity index (χ3v) is 4.00. The Bertz CT molecular complexity index is 382. The Morgan fingerprint density at radius 2 is 2.14 bits per heavy atom. The molecule has 0 saturated carbocycles. The summed E-state index contributed by atoms with van der Waals surface area (Å²) in [6.07, 6.45) is 2.20. The fourth-order valence-corrected chi connectivity index (χ4v) is 2.70. The van der Waals surface area contributed by atoms with E-state index >= 15 is 0 Å². The number of nitrogens with two attached hydrogens (primary N) is 1. The van der Waals surface area contributed by atoms with Crippen molar-refractivity contribution in [1.29, 1.82) is 0 Å². The van der Waals surface area contributed by atoms with Crippen molar-refractivity contribution >= 4 is 13.7 Å². The molecule has 1 aliphatic rings. The summed E-state index contributed by atoms with van der Waals surface area (Å²) in [6.45, 7) is 0.368. The number of aliphatic hydroxyl groups is 1. The van der Waals surface area contributed by atoms with Crippen LogP contribution in [-0.4, -0.2) is 53.0 Å². The van der Waals surface area contributed by atoms with Gasteiger partial charge in [0.1, 0.15) is 0 Å². The molecule has 1 heterocycles. The molecule has 1 aliphatic heterocycles. The minimum atomic E-state index is -4.76. The monoisotopic (exact) mass is 325 g/mol. The number of β-amino-alcohol motifs (C(OH)–C–C–N with tert-alkyl or cyclic N) is 1. The van der Waals surface area contributed by atoms with Gasteiger partial charge in [0.2, 0.25) is 5.91 Å². The van der Waals surface area contributed by atoms with Crippen LogP contribution in [-0.2, 0) is 18.6 Å². The van der Waals surface area contributed by atoms with Crippen LogP contribution >= 0.6 is 7.82 Å². The van der Waals surface area contributed by atoms with Gasteiger partial charge in [0.05, 0.1) is 18.8 Å². The number of carbonyl (C=O) groups excluding carboxylic acids is 1. The number of carbonyl (C=O) groups is 1. The second-order valence-electron chi connectivity index (χ2n) is 5.01. The maximum atomic E-state index is 12.1. The van der Waals surface area contributed by atoms with E-state index < -0.39 is 20.0 Å². The fraction of sp³-hybridized carbons (Fsp3) is 0.909. The first-order valence-corrected chi connectivity index (χ1v) is 8.32. The molecule has 0 aromatic rings. The number of likely N-dealkylation sites (tertiary alicyclic amines) is 1. The normalized spacial score (nSPS) is 25.0. The van der Waals surface area contributed by atoms with E-state index in [4.69, 9.17) is 11.0 Å². The van der Waals surface area contributed by atoms with Crippen LogP contribution in [0.25, 0.3) is 0 Å². The molecule has 4 N–H and O–H groups in total. The number of hydrogen-bond acceptors (Lipinski definition) is 8. The predicted molar refractivity (Wildman–Crippen MR) is 70.9 cm³/mol. The molecule has 1 unspecified atom stereocenters. The molecule has 0 spiro atoms. The van der Waals surface area contributed by atoms with Crippen molar-refractivity contribution in [2.75, 3.05) is 19.7 Å². The van der Waals surface area contributed by atoms with Gasteiger partial charge in [-0.15, -0.1) is 0 Å². The summed E-state index contributed by atoms with van der Waals surface area (Å²) in [4.78, 5) is 24.4. The van der Waals surface area contributed by atoms with Gasteiger partial charge >= 0.3 is 0 Å². The van der Waals surface area contributed by atoms with Gasteiger partial charge in [-0.2, -0.15) is 4.67 Å². The molecule has 1 rings (SSSR count). The van der Waals surface area contributed by atoms with Crippen LogP contribution in [0.3, 0.4) is 0 Å². The van der Waals surface area contributed by atoms with Crippen molar-refractivity contribution in [1.82, 2.24) is 4.90 Å². The third-order valence-electron chi connectivity index (χ3n) is 3.33. The Morgan fingerprint density at radius 3 is 2.76 bits per heavy atom. The maximum absolute atomic E-state index is 12.1. The quantitative estimate of drug-likeness (QED) is 0.221. The molecule has 9 nitrogen and oxygen atoms in total. The predicted octanol–water partition coefficient (Wildman–Crippen LogP) is -0.558. The Labute approximate surface area is 123 Å². The average Bonchev–Trinajstić information content (AvgIpc) is 2.82. The topological polar surface area (TPSA) is 145 Å². The summed E-state index contributed by atoms with van der Waals surface area (Å²) in [7, 11) is -4.76. The molecule has 3 atom stereocenters. The van der Waals surface area contributed by atoms with Gasteiger partial charge in [-0.25, -0.2) is 5.26 Å². The average molecular weight is 325 g/mol. The van der Waals surface area contributed by atoms with Crippen LogP contribution in [0.2, 0.25) is 0 Å². The zero-order chi connectivity index (χ0) is 15.9. The van der Waals surface area contributed by atoms with Crippen LogP contribution in [0, 0.1) is 0 Å². The van der Waals surface area contributed by atoms with Crippen LogP contribution in [0.15, 0.2) is 0 Å². The van der Waals surface area contributed by atoms with Gasteiger partial charge in [0.25, 0.3) is 7.82 Å². The van der Waals surface area contributed by atoms with Crippen molar-refractivity contribution in [2.45, 2.75) is 44.2 Å². The van der Waals surface area contributed by atoms with Crippen LogP contribution < -0.4 is 10.6 Å². The molecule has 124 valence electrons. The fourth-order valence-electron chi connectivity index (χ4n) is 2.30. The number of hydrogen-bond donors (Lipinski definition) is 3. The minimum absolute atomic E-state index is 0.146. The Balaban J connectivity index is 2.46. The summed E-state index contributed by atoms with van der Waals surface area (Å²) in [5.41, 5.74) is 5.37. The van der Waals surface area contributed by atoms with Crippen molar-refractivity contribution in [2.24, 2.45) is 5.73 Å². The zero-order valence-electron chi connectivity index (χ0n) is 11.7. The maximum Gasteiger partial charge on any atom is 0.297 e. The summed E-state index contributed by atoms with van der Waals surface area (Å²) in [5.74, 6) is -0.164. The van der Waals surface area contributed by atoms with Crippen LogP contribution in [0.5, 0.6) is 0 Å². The van der Waals surface area contributed by atoms with Gasteiger partial charge in [0.15, 0.2) is 0 Å². The summed E-state index contributed by atoms with van der Waals surface area (Å²) in [5, 5.41) is 17.7. The molecule has 1 saturated heterocycles. The summed E-state index contributed by atoms with van der Waals surface area (Å²) >= 11 is 0. The highest BCUT2D eigenvalue weighted by molar-refractivity contribution is 7.45. The number of rotatable bonds is 9. The lowest BCUT2D eigenvalue weighted by Gasteiger charge is -2.27. The van der Waals surface area contributed by atoms with Crippen molar-refractivity contribution in [3.63, 3.8) is 0 Å².